The van der Waals surface area contributed by atoms with Crippen LogP contribution in [0.5, 0.6) is 0 Å². The van der Waals surface area contributed by atoms with Crippen LogP contribution >= 0.6 is 11.6 Å². The van der Waals surface area contributed by atoms with E-state index in [0.29, 0.717) is 5.92 Å². The predicted molar refractivity (Wildman–Crippen MR) is 57.6 cm³/mol. The predicted octanol–water partition coefficient (Wildman–Crippen LogP) is 2.25. The lowest BCUT2D eigenvalue weighted by atomic mass is 9.91. The van der Waals surface area contributed by atoms with Gasteiger partial charge in [0, 0.05) is 31.1 Å². The van der Waals surface area contributed by atoms with Crippen molar-refractivity contribution in [2.45, 2.75) is 6.10 Å². The van der Waals surface area contributed by atoms with E-state index in [4.69, 9.17) is 16.3 Å². The van der Waals surface area contributed by atoms with Crippen LogP contribution in [0, 0.1) is 5.92 Å². The molecule has 1 saturated heterocycles. The molecule has 0 bridgehead atoms. The Morgan fingerprint density at radius 1 is 1.36 bits per heavy atom. The molecule has 2 nitrogen and oxygen atoms in total. The molecule has 1 aliphatic rings. The number of hydrogen-bond donors (Lipinski definition) is 1. The van der Waals surface area contributed by atoms with Crippen LogP contribution < -0.4 is 5.32 Å². The van der Waals surface area contributed by atoms with E-state index in [0.717, 1.165) is 18.1 Å². The highest BCUT2D eigenvalue weighted by molar-refractivity contribution is 6.30. The lowest BCUT2D eigenvalue weighted by Gasteiger charge is -2.34. The molecular weight excluding hydrogens is 198 g/mol. The molecule has 1 aliphatic heterocycles. The zero-order valence-electron chi connectivity index (χ0n) is 8.16. The second-order valence-electron chi connectivity index (χ2n) is 3.63. The molecule has 0 spiro atoms. The van der Waals surface area contributed by atoms with Gasteiger partial charge in [0.2, 0.25) is 0 Å². The Balaban J connectivity index is 2.14. The third-order valence-electron chi connectivity index (χ3n) is 2.69. The minimum Gasteiger partial charge on any atom is -0.376 e. The average molecular weight is 212 g/mol. The van der Waals surface area contributed by atoms with Crippen LogP contribution in [-0.4, -0.2) is 20.2 Å². The molecule has 14 heavy (non-hydrogen) atoms. The molecule has 0 saturated carbocycles. The van der Waals surface area contributed by atoms with E-state index in [1.54, 1.807) is 7.11 Å². The van der Waals surface area contributed by atoms with Gasteiger partial charge >= 0.3 is 0 Å². The first-order chi connectivity index (χ1) is 6.81. The second kappa shape index (κ2) is 4.30. The van der Waals surface area contributed by atoms with Crippen molar-refractivity contribution in [2.75, 3.05) is 20.2 Å². The van der Waals surface area contributed by atoms with Crippen molar-refractivity contribution in [3.63, 3.8) is 0 Å². The van der Waals surface area contributed by atoms with E-state index in [1.165, 1.54) is 5.56 Å². The Morgan fingerprint density at radius 3 is 2.43 bits per heavy atom. The minimum atomic E-state index is 0.202. The summed E-state index contributed by atoms with van der Waals surface area (Å²) in [5, 5.41) is 4.02. The van der Waals surface area contributed by atoms with Crippen LogP contribution in [0.1, 0.15) is 11.7 Å². The van der Waals surface area contributed by atoms with Crippen LogP contribution in [0.25, 0.3) is 0 Å². The molecule has 0 aromatic heterocycles. The smallest absolute Gasteiger partial charge is 0.0873 e. The highest BCUT2D eigenvalue weighted by atomic mass is 35.5. The number of rotatable bonds is 3. The van der Waals surface area contributed by atoms with Gasteiger partial charge < -0.3 is 10.1 Å². The fraction of sp³-hybridized carbons (Fsp3) is 0.455. The summed E-state index contributed by atoms with van der Waals surface area (Å²) in [6.45, 7) is 2.09. The lowest BCUT2D eigenvalue weighted by Crippen LogP contribution is -2.45. The quantitative estimate of drug-likeness (QED) is 0.828. The number of hydrogen-bond acceptors (Lipinski definition) is 2. The first kappa shape index (κ1) is 9.97. The molecule has 1 N–H and O–H groups in total. The minimum absolute atomic E-state index is 0.202. The van der Waals surface area contributed by atoms with Crippen LogP contribution in [0.4, 0.5) is 0 Å². The molecule has 3 heteroatoms. The Labute approximate surface area is 89.2 Å². The molecule has 1 atom stereocenters. The maximum atomic E-state index is 5.83. The summed E-state index contributed by atoms with van der Waals surface area (Å²) in [5.74, 6) is 0.598. The van der Waals surface area contributed by atoms with Gasteiger partial charge in [-0.3, -0.25) is 0 Å². The van der Waals surface area contributed by atoms with Crippen molar-refractivity contribution in [3.05, 3.63) is 34.9 Å². The summed E-state index contributed by atoms with van der Waals surface area (Å²) in [4.78, 5) is 0. The number of methoxy groups -OCH3 is 1. The normalized spacial score (nSPS) is 19.0. The molecule has 1 heterocycles. The van der Waals surface area contributed by atoms with Crippen molar-refractivity contribution in [1.29, 1.82) is 0 Å². The highest BCUT2D eigenvalue weighted by Gasteiger charge is 2.27. The van der Waals surface area contributed by atoms with E-state index in [1.807, 2.05) is 24.3 Å². The van der Waals surface area contributed by atoms with Crippen LogP contribution in [0.3, 0.4) is 0 Å². The van der Waals surface area contributed by atoms with Gasteiger partial charge in [-0.15, -0.1) is 0 Å². The summed E-state index contributed by atoms with van der Waals surface area (Å²) in [5.41, 5.74) is 1.21. The SMILES string of the molecule is CO[C@@H](c1ccc(Cl)cc1)C1CNC1. The maximum Gasteiger partial charge on any atom is 0.0873 e. The Kier molecular flexibility index (Phi) is 3.06. The maximum absolute atomic E-state index is 5.83. The van der Waals surface area contributed by atoms with Crippen molar-refractivity contribution in [1.82, 2.24) is 5.32 Å². The molecule has 2 rings (SSSR count). The van der Waals surface area contributed by atoms with Crippen molar-refractivity contribution < 1.29 is 4.74 Å². The molecule has 76 valence electrons. The monoisotopic (exact) mass is 211 g/mol. The fourth-order valence-electron chi connectivity index (χ4n) is 1.78. The van der Waals surface area contributed by atoms with Gasteiger partial charge in [0.05, 0.1) is 6.10 Å². The van der Waals surface area contributed by atoms with E-state index in [-0.39, 0.29) is 6.10 Å². The summed E-state index contributed by atoms with van der Waals surface area (Å²) >= 11 is 5.83. The first-order valence-electron chi connectivity index (χ1n) is 4.80. The van der Waals surface area contributed by atoms with Crippen molar-refractivity contribution >= 4 is 11.6 Å². The van der Waals surface area contributed by atoms with Crippen molar-refractivity contribution in [3.8, 4) is 0 Å². The summed E-state index contributed by atoms with van der Waals surface area (Å²) in [7, 11) is 1.76. The Morgan fingerprint density at radius 2 is 2.00 bits per heavy atom. The molecular formula is C11H14ClNO. The average Bonchev–Trinajstić information content (AvgIpc) is 2.13. The van der Waals surface area contributed by atoms with Crippen LogP contribution in [-0.2, 0) is 4.74 Å². The van der Waals surface area contributed by atoms with Gasteiger partial charge in [0.25, 0.3) is 0 Å². The summed E-state index contributed by atoms with van der Waals surface area (Å²) < 4.78 is 5.50. The van der Waals surface area contributed by atoms with E-state index in [2.05, 4.69) is 5.32 Å². The van der Waals surface area contributed by atoms with Gasteiger partial charge in [-0.1, -0.05) is 23.7 Å². The third-order valence-corrected chi connectivity index (χ3v) is 2.95. The van der Waals surface area contributed by atoms with Gasteiger partial charge in [0.1, 0.15) is 0 Å². The lowest BCUT2D eigenvalue weighted by molar-refractivity contribution is 0.0292. The fourth-order valence-corrected chi connectivity index (χ4v) is 1.90. The first-order valence-corrected chi connectivity index (χ1v) is 5.18. The van der Waals surface area contributed by atoms with Gasteiger partial charge in [0.15, 0.2) is 0 Å². The number of ether oxygens (including phenoxy) is 1. The molecule has 0 aliphatic carbocycles. The summed E-state index contributed by atoms with van der Waals surface area (Å²) in [6.07, 6.45) is 0.202. The summed E-state index contributed by atoms with van der Waals surface area (Å²) in [6, 6.07) is 7.90. The molecule has 1 fully saturated rings. The molecule has 0 unspecified atom stereocenters. The zero-order valence-corrected chi connectivity index (χ0v) is 8.92. The second-order valence-corrected chi connectivity index (χ2v) is 4.06. The van der Waals surface area contributed by atoms with Gasteiger partial charge in [-0.05, 0) is 17.7 Å². The molecule has 1 aromatic rings. The molecule has 0 radical (unpaired) electrons. The third kappa shape index (κ3) is 1.92. The molecule has 0 amide bonds. The van der Waals surface area contributed by atoms with Crippen molar-refractivity contribution in [2.24, 2.45) is 5.92 Å². The Bertz CT molecular complexity index is 295. The van der Waals surface area contributed by atoms with E-state index >= 15 is 0 Å². The van der Waals surface area contributed by atoms with Gasteiger partial charge in [-0.2, -0.15) is 0 Å². The highest BCUT2D eigenvalue weighted by Crippen LogP contribution is 2.28. The van der Waals surface area contributed by atoms with E-state index in [9.17, 15) is 0 Å². The van der Waals surface area contributed by atoms with Crippen LogP contribution in [0.2, 0.25) is 5.02 Å². The van der Waals surface area contributed by atoms with Crippen LogP contribution in [0.15, 0.2) is 24.3 Å². The number of nitrogens with one attached hydrogen (secondary N) is 1. The zero-order chi connectivity index (χ0) is 9.97. The Hall–Kier alpha value is -0.570. The number of benzene rings is 1. The largest absolute Gasteiger partial charge is 0.376 e. The number of halogens is 1. The van der Waals surface area contributed by atoms with E-state index < -0.39 is 0 Å². The standard InChI is InChI=1S/C11H14ClNO/c1-14-11(9-6-13-7-9)8-2-4-10(12)5-3-8/h2-5,9,11,13H,6-7H2,1H3/t11-/m0/s1. The molecule has 1 aromatic carbocycles. The van der Waals surface area contributed by atoms with Gasteiger partial charge in [-0.25, -0.2) is 0 Å². The topological polar surface area (TPSA) is 21.3 Å².